The molecule has 4 nitrogen and oxygen atoms in total. The maximum absolute atomic E-state index is 9.22. The minimum absolute atomic E-state index is 0.0865. The molecule has 0 bridgehead atoms. The first kappa shape index (κ1) is 13.5. The zero-order valence-corrected chi connectivity index (χ0v) is 11.4. The summed E-state index contributed by atoms with van der Waals surface area (Å²) in [7, 11) is 0. The van der Waals surface area contributed by atoms with Crippen LogP contribution in [0, 0.1) is 13.8 Å². The molecule has 1 aromatic heterocycles. The fraction of sp³-hybridized carbons (Fsp3) is 0.333. The van der Waals surface area contributed by atoms with Gasteiger partial charge in [0.2, 0.25) is 5.95 Å². The van der Waals surface area contributed by atoms with Crippen LogP contribution in [0.25, 0.3) is 0 Å². The van der Waals surface area contributed by atoms with Crippen LogP contribution in [0.4, 0.5) is 5.95 Å². The summed E-state index contributed by atoms with van der Waals surface area (Å²) in [6.45, 7) is 5.22. The van der Waals surface area contributed by atoms with Crippen LogP contribution in [0.1, 0.15) is 17.0 Å². The number of nitrogens with zero attached hydrogens (tertiary/aromatic N) is 3. The molecule has 4 heteroatoms. The number of aromatic nitrogens is 2. The topological polar surface area (TPSA) is 49.2 Å². The van der Waals surface area contributed by atoms with Crippen molar-refractivity contribution in [1.82, 2.24) is 9.97 Å². The van der Waals surface area contributed by atoms with E-state index in [1.165, 1.54) is 5.56 Å². The molecule has 0 aliphatic carbocycles. The van der Waals surface area contributed by atoms with Crippen molar-refractivity contribution in [2.24, 2.45) is 0 Å². The fourth-order valence-corrected chi connectivity index (χ4v) is 2.02. The van der Waals surface area contributed by atoms with Gasteiger partial charge in [0.25, 0.3) is 0 Å². The van der Waals surface area contributed by atoms with Crippen molar-refractivity contribution in [3.63, 3.8) is 0 Å². The summed E-state index contributed by atoms with van der Waals surface area (Å²) >= 11 is 0. The highest BCUT2D eigenvalue weighted by Gasteiger charge is 2.10. The van der Waals surface area contributed by atoms with Crippen molar-refractivity contribution in [2.45, 2.75) is 20.4 Å². The molecule has 0 aliphatic rings. The third kappa shape index (κ3) is 3.76. The Morgan fingerprint density at radius 1 is 1.05 bits per heavy atom. The summed E-state index contributed by atoms with van der Waals surface area (Å²) < 4.78 is 0. The SMILES string of the molecule is Cc1cc(C)nc(N(CCO)Cc2ccccc2)n1. The van der Waals surface area contributed by atoms with E-state index >= 15 is 0 Å². The Balaban J connectivity index is 2.24. The van der Waals surface area contributed by atoms with Crippen LogP contribution >= 0.6 is 0 Å². The smallest absolute Gasteiger partial charge is 0.226 e. The summed E-state index contributed by atoms with van der Waals surface area (Å²) in [5.74, 6) is 0.676. The first-order valence-electron chi connectivity index (χ1n) is 6.41. The summed E-state index contributed by atoms with van der Waals surface area (Å²) in [6.07, 6.45) is 0. The largest absolute Gasteiger partial charge is 0.395 e. The Morgan fingerprint density at radius 3 is 2.26 bits per heavy atom. The highest BCUT2D eigenvalue weighted by molar-refractivity contribution is 5.34. The summed E-state index contributed by atoms with van der Waals surface area (Å²) in [5, 5.41) is 9.22. The van der Waals surface area contributed by atoms with Crippen LogP contribution in [-0.2, 0) is 6.54 Å². The average molecular weight is 257 g/mol. The Labute approximate surface area is 113 Å². The number of hydrogen-bond donors (Lipinski definition) is 1. The van der Waals surface area contributed by atoms with Gasteiger partial charge in [-0.15, -0.1) is 0 Å². The van der Waals surface area contributed by atoms with Crippen molar-refractivity contribution in [2.75, 3.05) is 18.1 Å². The molecule has 0 radical (unpaired) electrons. The predicted molar refractivity (Wildman–Crippen MR) is 76.1 cm³/mol. The van der Waals surface area contributed by atoms with Gasteiger partial charge < -0.3 is 10.0 Å². The molecular weight excluding hydrogens is 238 g/mol. The second-order valence-electron chi connectivity index (χ2n) is 4.58. The van der Waals surface area contributed by atoms with Crippen LogP contribution in [0.15, 0.2) is 36.4 Å². The maximum Gasteiger partial charge on any atom is 0.226 e. The molecule has 0 unspecified atom stereocenters. The van der Waals surface area contributed by atoms with E-state index < -0.39 is 0 Å². The number of aliphatic hydroxyl groups is 1. The predicted octanol–water partition coefficient (Wildman–Crippen LogP) is 2.09. The molecule has 0 atom stereocenters. The van der Waals surface area contributed by atoms with Gasteiger partial charge in [0, 0.05) is 24.5 Å². The molecule has 1 aromatic carbocycles. The average Bonchev–Trinajstić information content (AvgIpc) is 2.38. The molecule has 0 aliphatic heterocycles. The van der Waals surface area contributed by atoms with Crippen molar-refractivity contribution < 1.29 is 5.11 Å². The molecule has 0 saturated carbocycles. The molecule has 19 heavy (non-hydrogen) atoms. The lowest BCUT2D eigenvalue weighted by atomic mass is 10.2. The highest BCUT2D eigenvalue weighted by Crippen LogP contribution is 2.13. The first-order chi connectivity index (χ1) is 9.19. The van der Waals surface area contributed by atoms with E-state index in [4.69, 9.17) is 0 Å². The lowest BCUT2D eigenvalue weighted by Gasteiger charge is -2.22. The van der Waals surface area contributed by atoms with E-state index in [9.17, 15) is 5.11 Å². The molecule has 0 saturated heterocycles. The van der Waals surface area contributed by atoms with Gasteiger partial charge in [-0.1, -0.05) is 30.3 Å². The van der Waals surface area contributed by atoms with Gasteiger partial charge in [-0.05, 0) is 25.5 Å². The van der Waals surface area contributed by atoms with Gasteiger partial charge in [-0.2, -0.15) is 0 Å². The second-order valence-corrected chi connectivity index (χ2v) is 4.58. The maximum atomic E-state index is 9.22. The summed E-state index contributed by atoms with van der Waals surface area (Å²) in [6, 6.07) is 12.1. The zero-order valence-electron chi connectivity index (χ0n) is 11.4. The van der Waals surface area contributed by atoms with Crippen LogP contribution < -0.4 is 4.90 Å². The lowest BCUT2D eigenvalue weighted by Crippen LogP contribution is -2.28. The van der Waals surface area contributed by atoms with Crippen molar-refractivity contribution in [1.29, 1.82) is 0 Å². The number of aryl methyl sites for hydroxylation is 2. The Morgan fingerprint density at radius 2 is 1.68 bits per heavy atom. The van der Waals surface area contributed by atoms with E-state index in [2.05, 4.69) is 22.1 Å². The molecular formula is C15H19N3O. The van der Waals surface area contributed by atoms with Gasteiger partial charge >= 0.3 is 0 Å². The monoisotopic (exact) mass is 257 g/mol. The molecule has 2 rings (SSSR count). The van der Waals surface area contributed by atoms with Crippen LogP contribution in [0.5, 0.6) is 0 Å². The van der Waals surface area contributed by atoms with Gasteiger partial charge in [-0.3, -0.25) is 0 Å². The molecule has 0 spiro atoms. The zero-order chi connectivity index (χ0) is 13.7. The second kappa shape index (κ2) is 6.29. The van der Waals surface area contributed by atoms with E-state index in [0.717, 1.165) is 11.4 Å². The van der Waals surface area contributed by atoms with Gasteiger partial charge in [-0.25, -0.2) is 9.97 Å². The van der Waals surface area contributed by atoms with Gasteiger partial charge in [0.15, 0.2) is 0 Å². The number of hydrogen-bond acceptors (Lipinski definition) is 4. The van der Waals surface area contributed by atoms with Crippen LogP contribution in [-0.4, -0.2) is 28.2 Å². The number of benzene rings is 1. The Kier molecular flexibility index (Phi) is 4.47. The number of rotatable bonds is 5. The van der Waals surface area contributed by atoms with E-state index in [1.807, 2.05) is 43.0 Å². The normalized spacial score (nSPS) is 10.5. The van der Waals surface area contributed by atoms with Gasteiger partial charge in [0.05, 0.1) is 6.61 Å². The van der Waals surface area contributed by atoms with E-state index in [1.54, 1.807) is 0 Å². The van der Waals surface area contributed by atoms with E-state index in [-0.39, 0.29) is 6.61 Å². The standard InChI is InChI=1S/C15H19N3O/c1-12-10-13(2)17-15(16-12)18(8-9-19)11-14-6-4-3-5-7-14/h3-7,10,19H,8-9,11H2,1-2H3. The number of aliphatic hydroxyl groups excluding tert-OH is 1. The lowest BCUT2D eigenvalue weighted by molar-refractivity contribution is 0.300. The molecule has 1 heterocycles. The molecule has 0 amide bonds. The molecule has 0 fully saturated rings. The van der Waals surface area contributed by atoms with Crippen molar-refractivity contribution in [3.8, 4) is 0 Å². The third-order valence-electron chi connectivity index (χ3n) is 2.84. The van der Waals surface area contributed by atoms with Crippen LogP contribution in [0.2, 0.25) is 0 Å². The Hall–Kier alpha value is -1.94. The quantitative estimate of drug-likeness (QED) is 0.891. The molecule has 1 N–H and O–H groups in total. The third-order valence-corrected chi connectivity index (χ3v) is 2.84. The minimum Gasteiger partial charge on any atom is -0.395 e. The van der Waals surface area contributed by atoms with Crippen LogP contribution in [0.3, 0.4) is 0 Å². The van der Waals surface area contributed by atoms with Gasteiger partial charge in [0.1, 0.15) is 0 Å². The molecule has 100 valence electrons. The fourth-order valence-electron chi connectivity index (χ4n) is 2.02. The van der Waals surface area contributed by atoms with Crippen molar-refractivity contribution >= 4 is 5.95 Å². The molecule has 2 aromatic rings. The van der Waals surface area contributed by atoms with E-state index in [0.29, 0.717) is 19.0 Å². The summed E-state index contributed by atoms with van der Waals surface area (Å²) in [5.41, 5.74) is 3.07. The minimum atomic E-state index is 0.0865. The number of anilines is 1. The summed E-state index contributed by atoms with van der Waals surface area (Å²) in [4.78, 5) is 10.9. The van der Waals surface area contributed by atoms with Crippen molar-refractivity contribution in [3.05, 3.63) is 53.3 Å². The first-order valence-corrected chi connectivity index (χ1v) is 6.41. The highest BCUT2D eigenvalue weighted by atomic mass is 16.3. The Bertz CT molecular complexity index is 508.